The van der Waals surface area contributed by atoms with Crippen LogP contribution in [0.1, 0.15) is 40.0 Å². The summed E-state index contributed by atoms with van der Waals surface area (Å²) >= 11 is 0. The van der Waals surface area contributed by atoms with E-state index in [1.807, 2.05) is 33.3 Å². The van der Waals surface area contributed by atoms with Crippen molar-refractivity contribution >= 4 is 6.09 Å². The van der Waals surface area contributed by atoms with Crippen LogP contribution in [0.25, 0.3) is 0 Å². The number of hydrogen-bond acceptors (Lipinski definition) is 4. The Morgan fingerprint density at radius 3 is 2.81 bits per heavy atom. The van der Waals surface area contributed by atoms with Crippen molar-refractivity contribution in [1.29, 1.82) is 0 Å². The highest BCUT2D eigenvalue weighted by Crippen LogP contribution is 2.19. The first-order valence-corrected chi connectivity index (χ1v) is 7.61. The third kappa shape index (κ3) is 5.75. The maximum atomic E-state index is 11.7. The van der Waals surface area contributed by atoms with E-state index >= 15 is 0 Å². The summed E-state index contributed by atoms with van der Waals surface area (Å²) in [7, 11) is 0. The van der Waals surface area contributed by atoms with Crippen molar-refractivity contribution in [3.8, 4) is 0 Å². The van der Waals surface area contributed by atoms with Crippen LogP contribution in [0, 0.1) is 0 Å². The minimum absolute atomic E-state index is 0.214. The van der Waals surface area contributed by atoms with Gasteiger partial charge in [0.2, 0.25) is 0 Å². The Hall–Kier alpha value is -1.56. The first-order valence-electron chi connectivity index (χ1n) is 7.61. The van der Waals surface area contributed by atoms with Gasteiger partial charge in [0.15, 0.2) is 0 Å². The number of aromatic nitrogens is 2. The van der Waals surface area contributed by atoms with E-state index in [4.69, 9.17) is 4.74 Å². The monoisotopic (exact) mass is 294 g/mol. The van der Waals surface area contributed by atoms with E-state index in [1.165, 1.54) is 0 Å². The molecule has 1 saturated carbocycles. The van der Waals surface area contributed by atoms with E-state index in [9.17, 15) is 4.79 Å². The number of nitrogens with one attached hydrogen (secondary N) is 2. The molecule has 0 aliphatic heterocycles. The summed E-state index contributed by atoms with van der Waals surface area (Å²) in [6.45, 7) is 7.46. The molecule has 1 aromatic rings. The molecule has 2 N–H and O–H groups in total. The molecule has 0 bridgehead atoms. The van der Waals surface area contributed by atoms with E-state index in [0.717, 1.165) is 32.4 Å². The van der Waals surface area contributed by atoms with Gasteiger partial charge < -0.3 is 19.9 Å². The third-order valence-corrected chi connectivity index (χ3v) is 3.52. The van der Waals surface area contributed by atoms with Gasteiger partial charge in [-0.1, -0.05) is 0 Å². The highest BCUT2D eigenvalue weighted by Gasteiger charge is 2.27. The lowest BCUT2D eigenvalue weighted by molar-refractivity contribution is 0.0505. The zero-order valence-corrected chi connectivity index (χ0v) is 13.1. The van der Waals surface area contributed by atoms with Crippen molar-refractivity contribution in [2.24, 2.45) is 0 Å². The first-order chi connectivity index (χ1) is 9.92. The van der Waals surface area contributed by atoms with Gasteiger partial charge in [0.25, 0.3) is 0 Å². The molecule has 118 valence electrons. The summed E-state index contributed by atoms with van der Waals surface area (Å²) in [6, 6.07) is 0.680. The number of rotatable bonds is 5. The lowest BCUT2D eigenvalue weighted by Gasteiger charge is -2.21. The molecule has 0 aromatic carbocycles. The number of nitrogens with zero attached hydrogens (tertiary/aromatic N) is 2. The summed E-state index contributed by atoms with van der Waals surface area (Å²) in [5.41, 5.74) is -0.439. The molecule has 2 atom stereocenters. The van der Waals surface area contributed by atoms with Gasteiger partial charge in [-0.2, -0.15) is 0 Å². The number of ether oxygens (including phenoxy) is 1. The predicted molar refractivity (Wildman–Crippen MR) is 81.0 cm³/mol. The average molecular weight is 294 g/mol. The largest absolute Gasteiger partial charge is 0.444 e. The molecular formula is C15H26N4O2. The predicted octanol–water partition coefficient (Wildman–Crippen LogP) is 1.92. The lowest BCUT2D eigenvalue weighted by Crippen LogP contribution is -2.39. The van der Waals surface area contributed by atoms with Gasteiger partial charge in [-0.15, -0.1) is 0 Å². The Morgan fingerprint density at radius 2 is 2.14 bits per heavy atom. The highest BCUT2D eigenvalue weighted by molar-refractivity contribution is 5.68. The van der Waals surface area contributed by atoms with Crippen LogP contribution in [-0.4, -0.2) is 39.9 Å². The molecular weight excluding hydrogens is 268 g/mol. The molecule has 6 nitrogen and oxygen atoms in total. The SMILES string of the molecule is CC(C)(C)OC(=O)NC1CCC(NCCn2ccnc2)C1. The van der Waals surface area contributed by atoms with Crippen molar-refractivity contribution in [2.45, 2.75) is 64.3 Å². The summed E-state index contributed by atoms with van der Waals surface area (Å²) in [5, 5.41) is 6.48. The standard InChI is InChI=1S/C15H26N4O2/c1-15(2,3)21-14(20)18-13-5-4-12(10-13)17-7-9-19-8-6-16-11-19/h6,8,11-13,17H,4-5,7,9-10H2,1-3H3,(H,18,20). The van der Waals surface area contributed by atoms with Crippen molar-refractivity contribution in [3.63, 3.8) is 0 Å². The second kappa shape index (κ2) is 6.93. The number of hydrogen-bond donors (Lipinski definition) is 2. The molecule has 0 saturated heterocycles. The zero-order chi connectivity index (χ0) is 15.3. The number of imidazole rings is 1. The van der Waals surface area contributed by atoms with Crippen LogP contribution in [0.3, 0.4) is 0 Å². The Balaban J connectivity index is 1.63. The summed E-state index contributed by atoms with van der Waals surface area (Å²) in [6.07, 6.45) is 8.31. The van der Waals surface area contributed by atoms with Crippen molar-refractivity contribution in [2.75, 3.05) is 6.54 Å². The van der Waals surface area contributed by atoms with Crippen LogP contribution in [-0.2, 0) is 11.3 Å². The zero-order valence-electron chi connectivity index (χ0n) is 13.1. The smallest absolute Gasteiger partial charge is 0.407 e. The molecule has 1 amide bonds. The third-order valence-electron chi connectivity index (χ3n) is 3.52. The normalized spacial score (nSPS) is 22.2. The molecule has 1 aliphatic rings. The van der Waals surface area contributed by atoms with Gasteiger partial charge in [0, 0.05) is 37.6 Å². The van der Waals surface area contributed by atoms with E-state index < -0.39 is 5.60 Å². The molecule has 21 heavy (non-hydrogen) atoms. The topological polar surface area (TPSA) is 68.2 Å². The van der Waals surface area contributed by atoms with E-state index in [1.54, 1.807) is 6.20 Å². The molecule has 1 aromatic heterocycles. The minimum atomic E-state index is -0.439. The van der Waals surface area contributed by atoms with Gasteiger partial charge in [0.05, 0.1) is 6.33 Å². The van der Waals surface area contributed by atoms with Crippen LogP contribution in [0.4, 0.5) is 4.79 Å². The molecule has 6 heteroatoms. The number of alkyl carbamates (subject to hydrolysis) is 1. The van der Waals surface area contributed by atoms with Crippen LogP contribution in [0.15, 0.2) is 18.7 Å². The summed E-state index contributed by atoms with van der Waals surface area (Å²) in [4.78, 5) is 15.7. The van der Waals surface area contributed by atoms with E-state index in [-0.39, 0.29) is 12.1 Å². The number of carbonyl (C=O) groups is 1. The maximum absolute atomic E-state index is 11.7. The van der Waals surface area contributed by atoms with Gasteiger partial charge in [-0.05, 0) is 40.0 Å². The van der Waals surface area contributed by atoms with Gasteiger partial charge in [0.1, 0.15) is 5.60 Å². The molecule has 1 heterocycles. The summed E-state index contributed by atoms with van der Waals surface area (Å²) < 4.78 is 7.34. The van der Waals surface area contributed by atoms with Crippen LogP contribution < -0.4 is 10.6 Å². The Labute approximate surface area is 126 Å². The molecule has 2 rings (SSSR count). The van der Waals surface area contributed by atoms with Crippen LogP contribution in [0.5, 0.6) is 0 Å². The maximum Gasteiger partial charge on any atom is 0.407 e. The van der Waals surface area contributed by atoms with Gasteiger partial charge in [-0.3, -0.25) is 0 Å². The fourth-order valence-electron chi connectivity index (χ4n) is 2.59. The van der Waals surface area contributed by atoms with Crippen molar-refractivity contribution < 1.29 is 9.53 Å². The average Bonchev–Trinajstić information content (AvgIpc) is 2.98. The first kappa shape index (κ1) is 15.8. The molecule has 0 radical (unpaired) electrons. The number of carbonyl (C=O) groups excluding carboxylic acids is 1. The Morgan fingerprint density at radius 1 is 1.38 bits per heavy atom. The molecule has 1 aliphatic carbocycles. The van der Waals surface area contributed by atoms with E-state index in [0.29, 0.717) is 6.04 Å². The van der Waals surface area contributed by atoms with Crippen molar-refractivity contribution in [1.82, 2.24) is 20.2 Å². The molecule has 2 unspecified atom stereocenters. The van der Waals surface area contributed by atoms with Gasteiger partial charge in [-0.25, -0.2) is 9.78 Å². The Kier molecular flexibility index (Phi) is 5.22. The Bertz CT molecular complexity index is 439. The van der Waals surface area contributed by atoms with E-state index in [2.05, 4.69) is 20.2 Å². The van der Waals surface area contributed by atoms with Gasteiger partial charge >= 0.3 is 6.09 Å². The van der Waals surface area contributed by atoms with Crippen LogP contribution in [0.2, 0.25) is 0 Å². The van der Waals surface area contributed by atoms with Crippen LogP contribution >= 0.6 is 0 Å². The molecule has 0 spiro atoms. The minimum Gasteiger partial charge on any atom is -0.444 e. The van der Waals surface area contributed by atoms with Crippen molar-refractivity contribution in [3.05, 3.63) is 18.7 Å². The number of amides is 1. The summed E-state index contributed by atoms with van der Waals surface area (Å²) in [5.74, 6) is 0. The second-order valence-electron chi connectivity index (χ2n) is 6.61. The molecule has 1 fully saturated rings. The second-order valence-corrected chi connectivity index (χ2v) is 6.61. The lowest BCUT2D eigenvalue weighted by atomic mass is 10.2. The fourth-order valence-corrected chi connectivity index (χ4v) is 2.59. The fraction of sp³-hybridized carbons (Fsp3) is 0.733. The quantitative estimate of drug-likeness (QED) is 0.870. The highest BCUT2D eigenvalue weighted by atomic mass is 16.6.